The minimum absolute atomic E-state index is 0.189. The Labute approximate surface area is 89.9 Å². The van der Waals surface area contributed by atoms with E-state index in [1.54, 1.807) is 0 Å². The summed E-state index contributed by atoms with van der Waals surface area (Å²) >= 11 is 0. The SMILES string of the molecule is CCCCN1C2C(=O)c3ccccc3C21. The summed E-state index contributed by atoms with van der Waals surface area (Å²) in [6.45, 7) is 3.26. The lowest BCUT2D eigenvalue weighted by Crippen LogP contribution is -2.15. The second kappa shape index (κ2) is 3.17. The Kier molecular flexibility index (Phi) is 1.93. The maximum Gasteiger partial charge on any atom is 0.182 e. The summed E-state index contributed by atoms with van der Waals surface area (Å²) in [5, 5.41) is 0. The van der Waals surface area contributed by atoms with E-state index in [9.17, 15) is 4.79 Å². The number of Topliss-reactive ketones (excluding diaryl/α,β-unsaturated/α-hetero) is 1. The zero-order chi connectivity index (χ0) is 10.4. The molecule has 1 aliphatic carbocycles. The molecule has 1 fully saturated rings. The molecule has 0 amide bonds. The van der Waals surface area contributed by atoms with E-state index in [0.29, 0.717) is 11.8 Å². The van der Waals surface area contributed by atoms with E-state index in [1.807, 2.05) is 18.2 Å². The van der Waals surface area contributed by atoms with Crippen LogP contribution in [0.5, 0.6) is 0 Å². The van der Waals surface area contributed by atoms with Gasteiger partial charge in [0.25, 0.3) is 0 Å². The second-order valence-corrected chi connectivity index (χ2v) is 4.43. The molecule has 2 aliphatic rings. The van der Waals surface area contributed by atoms with Gasteiger partial charge in [-0.2, -0.15) is 0 Å². The van der Waals surface area contributed by atoms with Crippen LogP contribution in [0, 0.1) is 0 Å². The highest BCUT2D eigenvalue weighted by Crippen LogP contribution is 2.51. The number of benzene rings is 1. The van der Waals surface area contributed by atoms with Crippen LogP contribution in [0.3, 0.4) is 0 Å². The standard InChI is InChI=1S/C13H15NO/c1-2-3-8-14-11-9-6-4-5-7-10(9)13(15)12(11)14/h4-7,11-12H,2-3,8H2,1H3. The summed E-state index contributed by atoms with van der Waals surface area (Å²) in [4.78, 5) is 14.3. The Hall–Kier alpha value is -1.15. The third-order valence-corrected chi connectivity index (χ3v) is 3.51. The fourth-order valence-electron chi connectivity index (χ4n) is 2.68. The van der Waals surface area contributed by atoms with Crippen molar-refractivity contribution >= 4 is 5.78 Å². The number of rotatable bonds is 3. The van der Waals surface area contributed by atoms with Crippen molar-refractivity contribution < 1.29 is 4.79 Å². The van der Waals surface area contributed by atoms with E-state index in [0.717, 1.165) is 12.1 Å². The van der Waals surface area contributed by atoms with Crippen molar-refractivity contribution in [1.29, 1.82) is 0 Å². The van der Waals surface area contributed by atoms with Crippen LogP contribution in [0.1, 0.15) is 41.7 Å². The molecule has 2 heteroatoms. The molecule has 2 nitrogen and oxygen atoms in total. The number of hydrogen-bond acceptors (Lipinski definition) is 2. The van der Waals surface area contributed by atoms with Crippen molar-refractivity contribution in [2.75, 3.05) is 6.54 Å². The molecule has 0 N–H and O–H groups in total. The first-order valence-corrected chi connectivity index (χ1v) is 5.73. The second-order valence-electron chi connectivity index (χ2n) is 4.43. The van der Waals surface area contributed by atoms with Crippen molar-refractivity contribution in [3.63, 3.8) is 0 Å². The molecule has 3 rings (SSSR count). The molecule has 0 radical (unpaired) electrons. The number of unbranched alkanes of at least 4 members (excludes halogenated alkanes) is 1. The summed E-state index contributed by atoms with van der Waals surface area (Å²) in [5.74, 6) is 0.340. The van der Waals surface area contributed by atoms with Gasteiger partial charge in [-0.15, -0.1) is 0 Å². The lowest BCUT2D eigenvalue weighted by Gasteiger charge is -2.08. The summed E-state index contributed by atoms with van der Waals surface area (Å²) < 4.78 is 0. The van der Waals surface area contributed by atoms with Crippen LogP contribution in [0.2, 0.25) is 0 Å². The van der Waals surface area contributed by atoms with E-state index in [1.165, 1.54) is 18.4 Å². The fraction of sp³-hybridized carbons (Fsp3) is 0.462. The maximum atomic E-state index is 12.0. The molecule has 0 aromatic heterocycles. The summed E-state index contributed by atoms with van der Waals surface area (Å²) in [7, 11) is 0. The van der Waals surface area contributed by atoms with Gasteiger partial charge in [-0.3, -0.25) is 9.69 Å². The Balaban J connectivity index is 1.85. The smallest absolute Gasteiger partial charge is 0.182 e. The van der Waals surface area contributed by atoms with Gasteiger partial charge >= 0.3 is 0 Å². The average molecular weight is 201 g/mol. The van der Waals surface area contributed by atoms with E-state index in [-0.39, 0.29) is 6.04 Å². The van der Waals surface area contributed by atoms with Crippen molar-refractivity contribution in [2.45, 2.75) is 31.8 Å². The van der Waals surface area contributed by atoms with Crippen molar-refractivity contribution in [3.8, 4) is 0 Å². The molecule has 15 heavy (non-hydrogen) atoms. The molecule has 0 saturated carbocycles. The predicted octanol–water partition coefficient (Wildman–Crippen LogP) is 2.41. The van der Waals surface area contributed by atoms with Crippen molar-refractivity contribution in [3.05, 3.63) is 35.4 Å². The van der Waals surface area contributed by atoms with Gasteiger partial charge in [-0.1, -0.05) is 37.6 Å². The normalized spacial score (nSPS) is 31.3. The first kappa shape index (κ1) is 9.10. The zero-order valence-electron chi connectivity index (χ0n) is 8.94. The Bertz CT molecular complexity index is 413. The van der Waals surface area contributed by atoms with Gasteiger partial charge in [0.1, 0.15) is 0 Å². The topological polar surface area (TPSA) is 20.1 Å². The monoisotopic (exact) mass is 201 g/mol. The van der Waals surface area contributed by atoms with Gasteiger partial charge in [0.15, 0.2) is 5.78 Å². The summed E-state index contributed by atoms with van der Waals surface area (Å²) in [5.41, 5.74) is 2.21. The Morgan fingerprint density at radius 1 is 1.27 bits per heavy atom. The van der Waals surface area contributed by atoms with Crippen LogP contribution in [0.4, 0.5) is 0 Å². The highest BCUT2D eigenvalue weighted by atomic mass is 16.1. The molecule has 1 aliphatic heterocycles. The third-order valence-electron chi connectivity index (χ3n) is 3.51. The summed E-state index contributed by atoms with van der Waals surface area (Å²) in [6.07, 6.45) is 2.40. The minimum atomic E-state index is 0.189. The van der Waals surface area contributed by atoms with Gasteiger partial charge in [0.2, 0.25) is 0 Å². The largest absolute Gasteiger partial charge is 0.292 e. The lowest BCUT2D eigenvalue weighted by molar-refractivity contribution is 0.0977. The number of nitrogens with zero attached hydrogens (tertiary/aromatic N) is 1. The minimum Gasteiger partial charge on any atom is -0.292 e. The quantitative estimate of drug-likeness (QED) is 0.700. The van der Waals surface area contributed by atoms with Crippen LogP contribution < -0.4 is 0 Å². The maximum absolute atomic E-state index is 12.0. The van der Waals surface area contributed by atoms with Crippen LogP contribution in [-0.4, -0.2) is 23.3 Å². The van der Waals surface area contributed by atoms with Crippen LogP contribution in [0.15, 0.2) is 24.3 Å². The molecular weight excluding hydrogens is 186 g/mol. The van der Waals surface area contributed by atoms with Gasteiger partial charge in [-0.25, -0.2) is 0 Å². The summed E-state index contributed by atoms with van der Waals surface area (Å²) in [6, 6.07) is 8.66. The molecule has 1 aromatic rings. The number of hydrogen-bond donors (Lipinski definition) is 0. The van der Waals surface area contributed by atoms with Gasteiger partial charge < -0.3 is 0 Å². The van der Waals surface area contributed by atoms with Crippen molar-refractivity contribution in [2.24, 2.45) is 0 Å². The average Bonchev–Trinajstić information content (AvgIpc) is 2.91. The van der Waals surface area contributed by atoms with E-state index in [2.05, 4.69) is 17.9 Å². The molecule has 1 heterocycles. The number of carbonyl (C=O) groups is 1. The third kappa shape index (κ3) is 1.18. The van der Waals surface area contributed by atoms with Gasteiger partial charge in [0.05, 0.1) is 12.1 Å². The molecule has 1 saturated heterocycles. The molecule has 0 spiro atoms. The van der Waals surface area contributed by atoms with E-state index in [4.69, 9.17) is 0 Å². The lowest BCUT2D eigenvalue weighted by atomic mass is 10.1. The van der Waals surface area contributed by atoms with Gasteiger partial charge in [0, 0.05) is 5.56 Å². The Morgan fingerprint density at radius 3 is 2.87 bits per heavy atom. The molecule has 1 aromatic carbocycles. The zero-order valence-corrected chi connectivity index (χ0v) is 8.94. The molecule has 3 unspecified atom stereocenters. The highest BCUT2D eigenvalue weighted by molar-refractivity contribution is 6.08. The number of carbonyl (C=O) groups excluding carboxylic acids is 1. The van der Waals surface area contributed by atoms with E-state index < -0.39 is 0 Å². The Morgan fingerprint density at radius 2 is 2.07 bits per heavy atom. The highest BCUT2D eigenvalue weighted by Gasteiger charge is 2.58. The fourth-order valence-corrected chi connectivity index (χ4v) is 2.68. The van der Waals surface area contributed by atoms with Crippen molar-refractivity contribution in [1.82, 2.24) is 4.90 Å². The van der Waals surface area contributed by atoms with Crippen LogP contribution >= 0.6 is 0 Å². The van der Waals surface area contributed by atoms with E-state index >= 15 is 0 Å². The number of fused-ring (bicyclic) bond motifs is 3. The van der Waals surface area contributed by atoms with Crippen LogP contribution in [0.25, 0.3) is 0 Å². The molecular formula is C13H15NO. The molecule has 3 atom stereocenters. The first-order chi connectivity index (χ1) is 7.34. The number of ketones is 1. The molecule has 0 bridgehead atoms. The van der Waals surface area contributed by atoms with Crippen LogP contribution in [-0.2, 0) is 0 Å². The molecule has 78 valence electrons. The first-order valence-electron chi connectivity index (χ1n) is 5.73. The predicted molar refractivity (Wildman–Crippen MR) is 58.9 cm³/mol. The van der Waals surface area contributed by atoms with Gasteiger partial charge in [-0.05, 0) is 18.5 Å².